The molecule has 2 aromatic carbocycles. The Kier molecular flexibility index (Phi) is 8.21. The van der Waals surface area contributed by atoms with E-state index in [0.29, 0.717) is 10.8 Å². The number of carbonyl (C=O) groups is 1. The van der Waals surface area contributed by atoms with Crippen LogP contribution in [0.5, 0.6) is 11.5 Å². The van der Waals surface area contributed by atoms with Crippen LogP contribution in [0.4, 0.5) is 5.69 Å². The van der Waals surface area contributed by atoms with Gasteiger partial charge in [0.15, 0.2) is 5.75 Å². The van der Waals surface area contributed by atoms with E-state index < -0.39 is 43.2 Å². The molecular formula is C20H20Cl3NO8. The van der Waals surface area contributed by atoms with Gasteiger partial charge in [-0.2, -0.15) is 5.06 Å². The number of carbonyl (C=O) groups excluding carboxylic acids is 1. The molecule has 2 aromatic rings. The third kappa shape index (κ3) is 5.45. The molecule has 174 valence electrons. The molecule has 4 N–H and O–H groups in total. The van der Waals surface area contributed by atoms with Crippen molar-refractivity contribution in [2.45, 2.75) is 37.6 Å². The maximum absolute atomic E-state index is 12.1. The lowest BCUT2D eigenvalue weighted by Gasteiger charge is -2.40. The van der Waals surface area contributed by atoms with Gasteiger partial charge in [0, 0.05) is 11.9 Å². The number of ether oxygens (including phenoxy) is 2. The van der Waals surface area contributed by atoms with Gasteiger partial charge >= 0.3 is 0 Å². The second-order valence-corrected chi connectivity index (χ2v) is 8.16. The summed E-state index contributed by atoms with van der Waals surface area (Å²) >= 11 is 18.1. The van der Waals surface area contributed by atoms with Crippen LogP contribution in [0.15, 0.2) is 36.4 Å². The molecule has 0 saturated carbocycles. The van der Waals surface area contributed by atoms with Crippen LogP contribution < -0.4 is 9.80 Å². The van der Waals surface area contributed by atoms with Crippen LogP contribution in [-0.4, -0.2) is 63.6 Å². The lowest BCUT2D eigenvalue weighted by atomic mass is 9.99. The van der Waals surface area contributed by atoms with Gasteiger partial charge in [-0.15, -0.1) is 0 Å². The van der Waals surface area contributed by atoms with Crippen molar-refractivity contribution >= 4 is 46.4 Å². The number of rotatable bonds is 6. The molecule has 1 aliphatic heterocycles. The number of halogens is 3. The smallest absolute Gasteiger partial charge is 0.247 e. The van der Waals surface area contributed by atoms with Crippen molar-refractivity contribution in [3.8, 4) is 11.5 Å². The predicted molar refractivity (Wildman–Crippen MR) is 116 cm³/mol. The maximum Gasteiger partial charge on any atom is 0.247 e. The van der Waals surface area contributed by atoms with Gasteiger partial charge in [0.25, 0.3) is 0 Å². The van der Waals surface area contributed by atoms with Crippen molar-refractivity contribution in [3.63, 3.8) is 0 Å². The number of hydrogen-bond donors (Lipinski definition) is 4. The molecule has 9 nitrogen and oxygen atoms in total. The molecule has 0 bridgehead atoms. The first-order chi connectivity index (χ1) is 15.1. The van der Waals surface area contributed by atoms with Crippen LogP contribution in [0.25, 0.3) is 0 Å². The second kappa shape index (κ2) is 10.5. The molecule has 1 saturated heterocycles. The summed E-state index contributed by atoms with van der Waals surface area (Å²) in [6.45, 7) is 0.578. The summed E-state index contributed by atoms with van der Waals surface area (Å²) in [5.74, 6) is -0.0258. The van der Waals surface area contributed by atoms with Gasteiger partial charge in [0.2, 0.25) is 12.2 Å². The normalized spacial score (nSPS) is 25.4. The molecular weight excluding hydrogens is 489 g/mol. The highest BCUT2D eigenvalue weighted by Gasteiger charge is 2.45. The third-order valence-electron chi connectivity index (χ3n) is 4.60. The minimum absolute atomic E-state index is 0.200. The van der Waals surface area contributed by atoms with E-state index in [4.69, 9.17) is 49.1 Å². The SMILES string of the molecule is CC(=O)N(O[C@@H]1O[C@H](CO)[C@@H](O)[C@H](O)[C@H]1O)c1ccc(Oc2c(Cl)cc(Cl)cc2Cl)cc1. The van der Waals surface area contributed by atoms with E-state index in [-0.39, 0.29) is 21.5 Å². The Labute approximate surface area is 198 Å². The van der Waals surface area contributed by atoms with Gasteiger partial charge in [-0.05, 0) is 36.4 Å². The number of aliphatic hydroxyl groups is 4. The van der Waals surface area contributed by atoms with Crippen LogP contribution in [0.1, 0.15) is 6.92 Å². The zero-order valence-corrected chi connectivity index (χ0v) is 18.8. The van der Waals surface area contributed by atoms with Crippen molar-refractivity contribution in [2.24, 2.45) is 0 Å². The number of nitrogens with zero attached hydrogens (tertiary/aromatic N) is 1. The zero-order valence-electron chi connectivity index (χ0n) is 16.6. The Hall–Kier alpha value is -1.66. The summed E-state index contributed by atoms with van der Waals surface area (Å²) in [7, 11) is 0. The fraction of sp³-hybridized carbons (Fsp3) is 0.350. The molecule has 0 aliphatic carbocycles. The highest BCUT2D eigenvalue weighted by atomic mass is 35.5. The molecule has 0 unspecified atom stereocenters. The van der Waals surface area contributed by atoms with Crippen LogP contribution in [-0.2, 0) is 14.4 Å². The highest BCUT2D eigenvalue weighted by molar-refractivity contribution is 6.40. The number of hydroxylamine groups is 1. The summed E-state index contributed by atoms with van der Waals surface area (Å²) in [6.07, 6.45) is -7.59. The lowest BCUT2D eigenvalue weighted by Crippen LogP contribution is -2.60. The Morgan fingerprint density at radius 1 is 1.03 bits per heavy atom. The van der Waals surface area contributed by atoms with E-state index in [1.807, 2.05) is 0 Å². The van der Waals surface area contributed by atoms with Gasteiger partial charge < -0.3 is 29.9 Å². The van der Waals surface area contributed by atoms with Crippen LogP contribution in [0, 0.1) is 0 Å². The van der Waals surface area contributed by atoms with E-state index in [1.165, 1.54) is 43.3 Å². The summed E-state index contributed by atoms with van der Waals surface area (Å²) < 4.78 is 11.0. The number of amides is 1. The van der Waals surface area contributed by atoms with Crippen molar-refractivity contribution < 1.29 is 39.5 Å². The molecule has 0 radical (unpaired) electrons. The topological polar surface area (TPSA) is 129 Å². The van der Waals surface area contributed by atoms with Gasteiger partial charge in [-0.1, -0.05) is 34.8 Å². The molecule has 1 aliphatic rings. The fourth-order valence-corrected chi connectivity index (χ4v) is 3.86. The average molecular weight is 509 g/mol. The summed E-state index contributed by atoms with van der Waals surface area (Å²) in [4.78, 5) is 17.6. The first-order valence-corrected chi connectivity index (χ1v) is 10.5. The van der Waals surface area contributed by atoms with E-state index in [1.54, 1.807) is 0 Å². The summed E-state index contributed by atoms with van der Waals surface area (Å²) in [5, 5.41) is 40.8. The zero-order chi connectivity index (χ0) is 23.6. The summed E-state index contributed by atoms with van der Waals surface area (Å²) in [6, 6.07) is 8.96. The van der Waals surface area contributed by atoms with Crippen molar-refractivity contribution in [3.05, 3.63) is 51.5 Å². The quantitative estimate of drug-likeness (QED) is 0.438. The van der Waals surface area contributed by atoms with E-state index in [2.05, 4.69) is 0 Å². The van der Waals surface area contributed by atoms with Crippen molar-refractivity contribution in [1.29, 1.82) is 0 Å². The highest BCUT2D eigenvalue weighted by Crippen LogP contribution is 2.39. The van der Waals surface area contributed by atoms with E-state index >= 15 is 0 Å². The molecule has 0 spiro atoms. The molecule has 32 heavy (non-hydrogen) atoms. The van der Waals surface area contributed by atoms with Gasteiger partial charge in [0.05, 0.1) is 22.3 Å². The molecule has 0 aromatic heterocycles. The predicted octanol–water partition coefficient (Wildman–Crippen LogP) is 2.52. The first-order valence-electron chi connectivity index (χ1n) is 9.32. The van der Waals surface area contributed by atoms with Gasteiger partial charge in [-0.25, -0.2) is 4.84 Å². The fourth-order valence-electron chi connectivity index (χ4n) is 2.97. The van der Waals surface area contributed by atoms with Gasteiger partial charge in [-0.3, -0.25) is 4.79 Å². The van der Waals surface area contributed by atoms with E-state index in [9.17, 15) is 25.2 Å². The first kappa shape index (κ1) is 25.0. The monoisotopic (exact) mass is 507 g/mol. The second-order valence-electron chi connectivity index (χ2n) is 6.91. The Balaban J connectivity index is 1.77. The van der Waals surface area contributed by atoms with Crippen LogP contribution in [0.2, 0.25) is 15.1 Å². The molecule has 1 fully saturated rings. The number of benzene rings is 2. The lowest BCUT2D eigenvalue weighted by molar-refractivity contribution is -0.302. The molecule has 3 rings (SSSR count). The largest absolute Gasteiger partial charge is 0.454 e. The number of anilines is 1. The van der Waals surface area contributed by atoms with Crippen molar-refractivity contribution in [2.75, 3.05) is 11.7 Å². The molecule has 5 atom stereocenters. The minimum atomic E-state index is -1.67. The van der Waals surface area contributed by atoms with Gasteiger partial charge in [0.1, 0.15) is 30.2 Å². The Morgan fingerprint density at radius 3 is 2.16 bits per heavy atom. The van der Waals surface area contributed by atoms with Crippen LogP contribution >= 0.6 is 34.8 Å². The molecule has 12 heteroatoms. The van der Waals surface area contributed by atoms with E-state index in [0.717, 1.165) is 5.06 Å². The standard InChI is InChI=1S/C20H20Cl3NO8/c1-9(26)24(32-20-18(29)17(28)16(27)15(8-25)31-20)11-2-4-12(5-3-11)30-19-13(22)6-10(21)7-14(19)23/h2-7,15-18,20,25,27-29H,8H2,1H3/t15-,16-,17+,18-,20+/m1/s1. The minimum Gasteiger partial charge on any atom is -0.454 e. The van der Waals surface area contributed by atoms with Crippen LogP contribution in [0.3, 0.4) is 0 Å². The number of hydrogen-bond acceptors (Lipinski definition) is 8. The number of aliphatic hydroxyl groups excluding tert-OH is 4. The Morgan fingerprint density at radius 2 is 1.62 bits per heavy atom. The molecule has 1 amide bonds. The third-order valence-corrected chi connectivity index (χ3v) is 5.38. The maximum atomic E-state index is 12.1. The average Bonchev–Trinajstić information content (AvgIpc) is 2.74. The molecule has 1 heterocycles. The summed E-state index contributed by atoms with van der Waals surface area (Å²) in [5.41, 5.74) is 0.245. The van der Waals surface area contributed by atoms with Crippen molar-refractivity contribution in [1.82, 2.24) is 0 Å². The Bertz CT molecular complexity index is 935.